The Hall–Kier alpha value is -0.120. The average molecular weight is 294 g/mol. The molecule has 0 amide bonds. The van der Waals surface area contributed by atoms with Crippen molar-refractivity contribution in [3.05, 3.63) is 0 Å². The molecule has 21 heavy (non-hydrogen) atoms. The lowest BCUT2D eigenvalue weighted by Gasteiger charge is -2.53. The van der Waals surface area contributed by atoms with Crippen molar-refractivity contribution >= 4 is 0 Å². The third-order valence-corrected chi connectivity index (χ3v) is 6.48. The van der Waals surface area contributed by atoms with Crippen molar-refractivity contribution in [3.8, 4) is 0 Å². The molecule has 1 aliphatic carbocycles. The molecule has 122 valence electrons. The fourth-order valence-corrected chi connectivity index (χ4v) is 5.14. The van der Waals surface area contributed by atoms with E-state index in [0.29, 0.717) is 6.10 Å². The van der Waals surface area contributed by atoms with Crippen LogP contribution in [0, 0.1) is 11.8 Å². The first kappa shape index (κ1) is 15.8. The Kier molecular flexibility index (Phi) is 5.23. The molecule has 0 aromatic carbocycles. The molecule has 2 heterocycles. The van der Waals surface area contributed by atoms with E-state index in [1.165, 1.54) is 58.0 Å². The minimum Gasteiger partial charge on any atom is -0.378 e. The van der Waals surface area contributed by atoms with Crippen molar-refractivity contribution in [2.24, 2.45) is 17.6 Å². The maximum absolute atomic E-state index is 6.30. The van der Waals surface area contributed by atoms with Gasteiger partial charge in [0.2, 0.25) is 0 Å². The molecule has 2 N–H and O–H groups in total. The van der Waals surface area contributed by atoms with Crippen LogP contribution in [-0.2, 0) is 4.74 Å². The summed E-state index contributed by atoms with van der Waals surface area (Å²) >= 11 is 0. The molecule has 0 bridgehead atoms. The van der Waals surface area contributed by atoms with E-state index >= 15 is 0 Å². The summed E-state index contributed by atoms with van der Waals surface area (Å²) in [5.41, 5.74) is 6.53. The second kappa shape index (κ2) is 6.97. The predicted octanol–water partition coefficient (Wildman–Crippen LogP) is 3.18. The van der Waals surface area contributed by atoms with Crippen molar-refractivity contribution < 1.29 is 4.74 Å². The normalized spacial score (nSPS) is 41.7. The molecule has 2 aliphatic heterocycles. The number of nitrogens with zero attached hydrogens (tertiary/aromatic N) is 1. The molecule has 4 unspecified atom stereocenters. The van der Waals surface area contributed by atoms with Crippen LogP contribution >= 0.6 is 0 Å². The van der Waals surface area contributed by atoms with Crippen LogP contribution in [0.4, 0.5) is 0 Å². The fourth-order valence-electron chi connectivity index (χ4n) is 5.14. The molecule has 3 rings (SSSR count). The molecule has 0 aromatic rings. The van der Waals surface area contributed by atoms with Gasteiger partial charge in [0.25, 0.3) is 0 Å². The zero-order valence-electron chi connectivity index (χ0n) is 13.9. The maximum atomic E-state index is 6.30. The first-order valence-electron chi connectivity index (χ1n) is 9.34. The lowest BCUT2D eigenvalue weighted by molar-refractivity contribution is -0.0919. The zero-order valence-corrected chi connectivity index (χ0v) is 13.9. The summed E-state index contributed by atoms with van der Waals surface area (Å²) in [6, 6.07) is 0. The van der Waals surface area contributed by atoms with E-state index in [4.69, 9.17) is 10.5 Å². The van der Waals surface area contributed by atoms with Crippen LogP contribution in [0.25, 0.3) is 0 Å². The number of hydrogen-bond donors (Lipinski definition) is 1. The summed E-state index contributed by atoms with van der Waals surface area (Å²) in [4.78, 5) is 2.78. The first-order valence-corrected chi connectivity index (χ1v) is 9.34. The van der Waals surface area contributed by atoms with E-state index < -0.39 is 0 Å². The number of piperidine rings is 1. The van der Waals surface area contributed by atoms with Crippen LogP contribution < -0.4 is 5.73 Å². The number of rotatable bonds is 4. The smallest absolute Gasteiger partial charge is 0.0593 e. The van der Waals surface area contributed by atoms with E-state index in [1.807, 2.05) is 0 Å². The van der Waals surface area contributed by atoms with Crippen LogP contribution in [-0.4, -0.2) is 42.8 Å². The van der Waals surface area contributed by atoms with Gasteiger partial charge in [0.15, 0.2) is 0 Å². The largest absolute Gasteiger partial charge is 0.378 e. The highest BCUT2D eigenvalue weighted by atomic mass is 16.5. The Labute approximate surface area is 130 Å². The number of ether oxygens (including phenoxy) is 1. The van der Waals surface area contributed by atoms with Crippen molar-refractivity contribution in [1.82, 2.24) is 4.90 Å². The highest BCUT2D eigenvalue weighted by molar-refractivity contribution is 4.99. The van der Waals surface area contributed by atoms with E-state index in [0.717, 1.165) is 37.8 Å². The Bertz CT molecular complexity index is 333. The van der Waals surface area contributed by atoms with Gasteiger partial charge in [-0.15, -0.1) is 0 Å². The molecule has 3 aliphatic rings. The van der Waals surface area contributed by atoms with Gasteiger partial charge in [-0.3, -0.25) is 4.90 Å². The van der Waals surface area contributed by atoms with Crippen molar-refractivity contribution in [3.63, 3.8) is 0 Å². The van der Waals surface area contributed by atoms with Gasteiger partial charge in [-0.05, 0) is 50.5 Å². The lowest BCUT2D eigenvalue weighted by Crippen LogP contribution is -2.61. The summed E-state index contributed by atoms with van der Waals surface area (Å²) < 4.78 is 5.99. The first-order chi connectivity index (χ1) is 10.3. The predicted molar refractivity (Wildman–Crippen MR) is 87.3 cm³/mol. The number of nitrogens with two attached hydrogens (primary N) is 1. The van der Waals surface area contributed by atoms with Gasteiger partial charge in [0.1, 0.15) is 0 Å². The summed E-state index contributed by atoms with van der Waals surface area (Å²) in [6.07, 6.45) is 12.4. The Balaban J connectivity index is 1.67. The monoisotopic (exact) mass is 294 g/mol. The summed E-state index contributed by atoms with van der Waals surface area (Å²) in [5.74, 6) is 1.96. The van der Waals surface area contributed by atoms with E-state index in [9.17, 15) is 0 Å². The quantitative estimate of drug-likeness (QED) is 0.865. The van der Waals surface area contributed by atoms with Gasteiger partial charge in [-0.2, -0.15) is 0 Å². The third-order valence-electron chi connectivity index (χ3n) is 6.48. The number of likely N-dealkylation sites (tertiary alicyclic amines) is 1. The SMILES string of the molecule is CCCC1CC(CN)(N2CCC3CCCCC3C2)CCO1. The Morgan fingerprint density at radius 1 is 1.19 bits per heavy atom. The second-order valence-electron chi connectivity index (χ2n) is 7.70. The molecule has 0 radical (unpaired) electrons. The zero-order chi connectivity index (χ0) is 14.7. The van der Waals surface area contributed by atoms with Crippen LogP contribution in [0.15, 0.2) is 0 Å². The van der Waals surface area contributed by atoms with Crippen LogP contribution in [0.2, 0.25) is 0 Å². The van der Waals surface area contributed by atoms with Gasteiger partial charge in [-0.25, -0.2) is 0 Å². The van der Waals surface area contributed by atoms with Gasteiger partial charge in [0.05, 0.1) is 6.10 Å². The third kappa shape index (κ3) is 3.30. The van der Waals surface area contributed by atoms with Gasteiger partial charge in [0, 0.05) is 25.2 Å². The van der Waals surface area contributed by atoms with Gasteiger partial charge in [-0.1, -0.05) is 32.6 Å². The maximum Gasteiger partial charge on any atom is 0.0593 e. The molecule has 1 saturated carbocycles. The molecule has 0 aromatic heterocycles. The minimum atomic E-state index is 0.237. The molecule has 4 atom stereocenters. The van der Waals surface area contributed by atoms with Gasteiger partial charge < -0.3 is 10.5 Å². The van der Waals surface area contributed by atoms with Crippen LogP contribution in [0.1, 0.15) is 64.7 Å². The molecule has 3 fully saturated rings. The lowest BCUT2D eigenvalue weighted by atomic mass is 9.72. The number of fused-ring (bicyclic) bond motifs is 1. The van der Waals surface area contributed by atoms with Crippen LogP contribution in [0.5, 0.6) is 0 Å². The minimum absolute atomic E-state index is 0.237. The Morgan fingerprint density at radius 2 is 2.00 bits per heavy atom. The van der Waals surface area contributed by atoms with E-state index in [1.54, 1.807) is 0 Å². The van der Waals surface area contributed by atoms with Crippen LogP contribution in [0.3, 0.4) is 0 Å². The molecular formula is C18H34N2O. The van der Waals surface area contributed by atoms with E-state index in [2.05, 4.69) is 11.8 Å². The molecule has 2 saturated heterocycles. The van der Waals surface area contributed by atoms with Crippen molar-refractivity contribution in [2.75, 3.05) is 26.2 Å². The summed E-state index contributed by atoms with van der Waals surface area (Å²) in [7, 11) is 0. The van der Waals surface area contributed by atoms with Crippen molar-refractivity contribution in [1.29, 1.82) is 0 Å². The highest BCUT2D eigenvalue weighted by Crippen LogP contribution is 2.41. The Morgan fingerprint density at radius 3 is 2.76 bits per heavy atom. The highest BCUT2D eigenvalue weighted by Gasteiger charge is 2.44. The molecule has 3 heteroatoms. The topological polar surface area (TPSA) is 38.5 Å². The van der Waals surface area contributed by atoms with Crippen molar-refractivity contribution in [2.45, 2.75) is 76.4 Å². The average Bonchev–Trinajstić information content (AvgIpc) is 2.55. The second-order valence-corrected chi connectivity index (χ2v) is 7.70. The fraction of sp³-hybridized carbons (Fsp3) is 1.00. The summed E-state index contributed by atoms with van der Waals surface area (Å²) in [5, 5.41) is 0. The molecular weight excluding hydrogens is 260 g/mol. The molecule has 0 spiro atoms. The van der Waals surface area contributed by atoms with Gasteiger partial charge >= 0.3 is 0 Å². The molecule has 3 nitrogen and oxygen atoms in total. The number of hydrogen-bond acceptors (Lipinski definition) is 3. The standard InChI is InChI=1S/C18H34N2O/c1-2-5-17-12-18(14-19,9-11-21-17)20-10-8-15-6-3-4-7-16(15)13-20/h15-17H,2-14,19H2,1H3. The van der Waals surface area contributed by atoms with E-state index in [-0.39, 0.29) is 5.54 Å². The summed E-state index contributed by atoms with van der Waals surface area (Å²) in [6.45, 7) is 6.56.